The molecule has 392 valence electrons. The van der Waals surface area contributed by atoms with Crippen LogP contribution in [0.2, 0.25) is 0 Å². The smallest absolute Gasteiger partial charge is 0.150 e. The number of halogens is 2. The molecule has 0 saturated carbocycles. The van der Waals surface area contributed by atoms with E-state index in [1.54, 1.807) is 49.3 Å². The van der Waals surface area contributed by atoms with E-state index in [1.807, 2.05) is 24.3 Å². The summed E-state index contributed by atoms with van der Waals surface area (Å²) in [5.41, 5.74) is 7.71. The van der Waals surface area contributed by atoms with Gasteiger partial charge in [-0.05, 0) is 58.7 Å². The van der Waals surface area contributed by atoms with Gasteiger partial charge in [-0.2, -0.15) is 0 Å². The second-order valence-corrected chi connectivity index (χ2v) is 31.7. The van der Waals surface area contributed by atoms with Crippen molar-refractivity contribution in [2.24, 2.45) is 0 Å². The van der Waals surface area contributed by atoms with E-state index in [1.165, 1.54) is 22.3 Å². The van der Waals surface area contributed by atoms with Crippen molar-refractivity contribution in [3.05, 3.63) is 343 Å². The van der Waals surface area contributed by atoms with Gasteiger partial charge in [0.2, 0.25) is 0 Å². The van der Waals surface area contributed by atoms with Gasteiger partial charge in [0.25, 0.3) is 0 Å². The van der Waals surface area contributed by atoms with Gasteiger partial charge >= 0.3 is 296 Å². The number of hydrogen-bond donors (Lipinski definition) is 0. The summed E-state index contributed by atoms with van der Waals surface area (Å²) in [6.45, 7) is 0. The monoisotopic (exact) mass is 1110 g/mol. The first-order valence-corrected chi connectivity index (χ1v) is 32.4. The first kappa shape index (κ1) is 57.0. The SMILES string of the molecule is C.C(=C\c1ccc(/C=C/c2ccncc2)cc1)/c1ccncc1.ClP(Cc1ccc(CP(Cl)(c2ccccc2)(c2ccccc2)c2ccccc2)cc1)(c1ccccc1)(c1ccccc1)c1ccccc1.O=Cc1ccncc1. The summed E-state index contributed by atoms with van der Waals surface area (Å²) >= 11 is 16.9. The minimum atomic E-state index is -3.47. The van der Waals surface area contributed by atoms with E-state index in [4.69, 9.17) is 22.5 Å². The Labute approximate surface area is 476 Å². The predicted molar refractivity (Wildman–Crippen MR) is 345 cm³/mol. The quantitative estimate of drug-likeness (QED) is 0.0758. The number of rotatable bonds is 15. The van der Waals surface area contributed by atoms with Crippen molar-refractivity contribution in [3.8, 4) is 0 Å². The van der Waals surface area contributed by atoms with Crippen molar-refractivity contribution in [2.75, 3.05) is 0 Å². The Balaban J connectivity index is 0.000000217. The normalized spacial score (nSPS) is 12.2. The molecule has 11 aromatic rings. The second kappa shape index (κ2) is 26.9. The topological polar surface area (TPSA) is 55.7 Å². The van der Waals surface area contributed by atoms with E-state index in [0.29, 0.717) is 17.9 Å². The van der Waals surface area contributed by atoms with E-state index in [2.05, 4.69) is 270 Å². The van der Waals surface area contributed by atoms with Crippen LogP contribution in [0.5, 0.6) is 0 Å². The molecule has 0 spiro atoms. The molecule has 3 heterocycles. The summed E-state index contributed by atoms with van der Waals surface area (Å²) in [5.74, 6) is -6.94. The van der Waals surface area contributed by atoms with Gasteiger partial charge in [0, 0.05) is 42.7 Å². The fourth-order valence-corrected chi connectivity index (χ4v) is 22.1. The molecule has 0 atom stereocenters. The van der Waals surface area contributed by atoms with Crippen LogP contribution >= 0.6 is 34.4 Å². The predicted octanol–water partition coefficient (Wildman–Crippen LogP) is 16.4. The Morgan fingerprint density at radius 3 is 0.684 bits per heavy atom. The van der Waals surface area contributed by atoms with Gasteiger partial charge in [-0.25, -0.2) is 0 Å². The molecule has 79 heavy (non-hydrogen) atoms. The van der Waals surface area contributed by atoms with Gasteiger partial charge in [0.05, 0.1) is 0 Å². The van der Waals surface area contributed by atoms with E-state index >= 15 is 0 Å². The Morgan fingerprint density at radius 2 is 0.481 bits per heavy atom. The third-order valence-electron chi connectivity index (χ3n) is 13.9. The summed E-state index contributed by atoms with van der Waals surface area (Å²) in [6.07, 6.45) is 20.9. The van der Waals surface area contributed by atoms with E-state index in [0.717, 1.165) is 49.2 Å². The van der Waals surface area contributed by atoms with Gasteiger partial charge in [-0.3, -0.25) is 19.7 Å². The molecule has 8 heteroatoms. The molecule has 4 nitrogen and oxygen atoms in total. The number of carbonyl (C=O) groups excluding carboxylic acids is 1. The minimum absolute atomic E-state index is 0. The average Bonchev–Trinajstić information content (AvgIpc) is 3.71. The number of pyridine rings is 3. The van der Waals surface area contributed by atoms with Crippen LogP contribution < -0.4 is 31.8 Å². The Hall–Kier alpha value is -8.20. The van der Waals surface area contributed by atoms with E-state index in [-0.39, 0.29) is 7.43 Å². The fraction of sp³-hybridized carbons (Fsp3) is 0.0423. The molecule has 0 aliphatic rings. The summed E-state index contributed by atoms with van der Waals surface area (Å²) in [4.78, 5) is 21.7. The molecule has 0 amide bonds. The molecule has 0 N–H and O–H groups in total. The van der Waals surface area contributed by atoms with Crippen molar-refractivity contribution >= 4 is 96.8 Å². The largest absolute Gasteiger partial charge is 0.298 e. The molecule has 8 aromatic carbocycles. The maximum Gasteiger partial charge on any atom is 0.150 e. The standard InChI is InChI=1S/C44H38Cl2P2.C20H16N2.C6H5NO.CH4/c45-47(39-19-7-1-8-20-39,40-21-9-2-10-22-40,41-23-11-3-12-24-41)35-37-31-33-38(34-32-37)36-48(46,42-25-13-4-14-26-42,43-27-15-5-16-28-43)44-29-17-6-18-30-44;1-2-18(6-8-20-11-15-22-16-12-20)4-3-17(1)5-7-19-9-13-21-14-10-19;8-5-6-1-3-7-4-2-6;/h1-34H,35-36H2;1-16H;1-5H;1H4/b;7-5+,8-6+;;. The zero-order chi connectivity index (χ0) is 53.8. The van der Waals surface area contributed by atoms with Gasteiger partial charge in [-0.15, -0.1) is 0 Å². The zero-order valence-corrected chi connectivity index (χ0v) is 46.4. The molecule has 11 rings (SSSR count). The van der Waals surface area contributed by atoms with Crippen molar-refractivity contribution < 1.29 is 4.79 Å². The molecular formula is C71H63Cl2N3OP2. The first-order chi connectivity index (χ1) is 38.3. The molecule has 0 unspecified atom stereocenters. The molecule has 0 aliphatic carbocycles. The fourth-order valence-electron chi connectivity index (χ4n) is 9.81. The van der Waals surface area contributed by atoms with Gasteiger partial charge in [0.1, 0.15) is 6.29 Å². The number of nitrogens with zero attached hydrogens (tertiary/aromatic N) is 3. The number of hydrogen-bond acceptors (Lipinski definition) is 4. The van der Waals surface area contributed by atoms with Crippen molar-refractivity contribution in [2.45, 2.75) is 19.8 Å². The number of carbonyl (C=O) groups is 1. The summed E-state index contributed by atoms with van der Waals surface area (Å²) in [7, 11) is 0. The van der Waals surface area contributed by atoms with Crippen LogP contribution in [0.3, 0.4) is 0 Å². The Bertz CT molecular complexity index is 3220. The van der Waals surface area contributed by atoms with Crippen LogP contribution in [0, 0.1) is 0 Å². The van der Waals surface area contributed by atoms with Crippen molar-refractivity contribution in [1.82, 2.24) is 15.0 Å². The van der Waals surface area contributed by atoms with Crippen molar-refractivity contribution in [3.63, 3.8) is 0 Å². The van der Waals surface area contributed by atoms with Crippen LogP contribution in [0.4, 0.5) is 0 Å². The summed E-state index contributed by atoms with van der Waals surface area (Å²) in [5, 5.41) is 6.97. The van der Waals surface area contributed by atoms with Gasteiger partial charge < -0.3 is 0 Å². The summed E-state index contributed by atoms with van der Waals surface area (Å²) in [6, 6.07) is 92.9. The van der Waals surface area contributed by atoms with Crippen LogP contribution in [-0.4, -0.2) is 21.2 Å². The molecule has 0 saturated heterocycles. The molecule has 0 fully saturated rings. The molecule has 0 aliphatic heterocycles. The third kappa shape index (κ3) is 13.2. The molecule has 0 bridgehead atoms. The maximum absolute atomic E-state index is 9.98. The van der Waals surface area contributed by atoms with Crippen LogP contribution in [-0.2, 0) is 12.3 Å². The Kier molecular flexibility index (Phi) is 19.4. The molecule has 0 radical (unpaired) electrons. The second-order valence-electron chi connectivity index (χ2n) is 18.8. The average molecular weight is 1110 g/mol. The summed E-state index contributed by atoms with van der Waals surface area (Å²) < 4.78 is 0. The molecular weight excluding hydrogens is 1040 g/mol. The third-order valence-corrected chi connectivity index (χ3v) is 28.3. The minimum Gasteiger partial charge on any atom is -0.298 e. The van der Waals surface area contributed by atoms with Crippen LogP contribution in [0.15, 0.2) is 304 Å². The van der Waals surface area contributed by atoms with Gasteiger partial charge in [0.15, 0.2) is 0 Å². The molecule has 3 aromatic heterocycles. The Morgan fingerprint density at radius 1 is 0.278 bits per heavy atom. The van der Waals surface area contributed by atoms with Crippen molar-refractivity contribution in [1.29, 1.82) is 0 Å². The van der Waals surface area contributed by atoms with Crippen LogP contribution in [0.1, 0.15) is 51.2 Å². The van der Waals surface area contributed by atoms with Gasteiger partial charge in [-0.1, -0.05) is 56.0 Å². The zero-order valence-electron chi connectivity index (χ0n) is 43.1. The van der Waals surface area contributed by atoms with E-state index in [9.17, 15) is 4.79 Å². The first-order valence-electron chi connectivity index (χ1n) is 25.8. The number of aromatic nitrogens is 3. The number of aldehydes is 1. The number of benzene rings is 8. The van der Waals surface area contributed by atoms with E-state index < -0.39 is 11.9 Å². The van der Waals surface area contributed by atoms with Crippen LogP contribution in [0.25, 0.3) is 24.3 Å². The maximum atomic E-state index is 9.98.